The van der Waals surface area contributed by atoms with Crippen molar-refractivity contribution in [2.75, 3.05) is 17.2 Å². The van der Waals surface area contributed by atoms with Crippen LogP contribution >= 0.6 is 0 Å². The number of benzene rings is 1. The highest BCUT2D eigenvalue weighted by Gasteiger charge is 2.17. The summed E-state index contributed by atoms with van der Waals surface area (Å²) in [5.41, 5.74) is 8.97. The molecule has 5 heteroatoms. The molecule has 1 heterocycles. The zero-order valence-corrected chi connectivity index (χ0v) is 12.4. The zero-order chi connectivity index (χ0) is 14.7. The minimum atomic E-state index is -0.444. The second-order valence-electron chi connectivity index (χ2n) is 5.23. The Bertz CT molecular complexity index is 630. The van der Waals surface area contributed by atoms with Gasteiger partial charge in [0, 0.05) is 18.7 Å². The Morgan fingerprint density at radius 1 is 1.40 bits per heavy atom. The van der Waals surface area contributed by atoms with Crippen LogP contribution in [0, 0.1) is 0 Å². The molecular weight excluding hydrogens is 254 g/mol. The van der Waals surface area contributed by atoms with E-state index in [-0.39, 0.29) is 0 Å². The van der Waals surface area contributed by atoms with E-state index >= 15 is 0 Å². The Morgan fingerprint density at radius 2 is 2.15 bits per heavy atom. The van der Waals surface area contributed by atoms with Gasteiger partial charge in [0.1, 0.15) is 0 Å². The summed E-state index contributed by atoms with van der Waals surface area (Å²) < 4.78 is 5.04. The summed E-state index contributed by atoms with van der Waals surface area (Å²) in [7, 11) is 0. The topological polar surface area (TPSA) is 75.3 Å². The number of rotatable bonds is 6. The monoisotopic (exact) mass is 277 g/mol. The third kappa shape index (κ3) is 2.81. The maximum atomic E-state index is 11.3. The molecule has 20 heavy (non-hydrogen) atoms. The fourth-order valence-electron chi connectivity index (χ4n) is 2.38. The molecule has 0 radical (unpaired) electrons. The maximum absolute atomic E-state index is 11.3. The molecule has 1 atom stereocenters. The first-order valence-electron chi connectivity index (χ1n) is 7.25. The summed E-state index contributed by atoms with van der Waals surface area (Å²) in [6.45, 7) is 7.49. The fraction of sp³-hybridized carbons (Fsp3) is 0.533. The number of hydrogen-bond acceptors (Lipinski definition) is 4. The van der Waals surface area contributed by atoms with Gasteiger partial charge in [-0.05, 0) is 25.8 Å². The predicted octanol–water partition coefficient (Wildman–Crippen LogP) is 3.11. The van der Waals surface area contributed by atoms with Crippen LogP contribution in [0.15, 0.2) is 21.3 Å². The lowest BCUT2D eigenvalue weighted by Gasteiger charge is -2.31. The Balaban J connectivity index is 2.45. The molecule has 0 saturated carbocycles. The van der Waals surface area contributed by atoms with Crippen molar-refractivity contribution in [3.05, 3.63) is 22.7 Å². The van der Waals surface area contributed by atoms with Crippen molar-refractivity contribution in [2.45, 2.75) is 46.1 Å². The molecule has 2 aromatic rings. The lowest BCUT2D eigenvalue weighted by molar-refractivity contribution is 0.555. The van der Waals surface area contributed by atoms with Gasteiger partial charge < -0.3 is 15.1 Å². The van der Waals surface area contributed by atoms with Crippen LogP contribution in [0.2, 0.25) is 0 Å². The van der Waals surface area contributed by atoms with Crippen LogP contribution < -0.4 is 16.4 Å². The molecule has 1 aromatic carbocycles. The molecule has 5 nitrogen and oxygen atoms in total. The summed E-state index contributed by atoms with van der Waals surface area (Å²) in [4.78, 5) is 16.3. The van der Waals surface area contributed by atoms with E-state index in [1.54, 1.807) is 6.07 Å². The second kappa shape index (κ2) is 6.03. The molecule has 0 spiro atoms. The number of nitrogens with zero attached hydrogens (tertiary/aromatic N) is 1. The minimum absolute atomic E-state index is 0.403. The lowest BCUT2D eigenvalue weighted by atomic mass is 10.1. The Morgan fingerprint density at radius 3 is 2.80 bits per heavy atom. The van der Waals surface area contributed by atoms with Crippen LogP contribution in [0.5, 0.6) is 0 Å². The van der Waals surface area contributed by atoms with Crippen molar-refractivity contribution >= 4 is 22.5 Å². The molecular formula is C15H23N3O2. The minimum Gasteiger partial charge on any atom is -0.408 e. The molecule has 0 saturated heterocycles. The largest absolute Gasteiger partial charge is 0.417 e. The van der Waals surface area contributed by atoms with Crippen molar-refractivity contribution < 1.29 is 4.42 Å². The molecule has 0 fully saturated rings. The van der Waals surface area contributed by atoms with Crippen LogP contribution in [-0.2, 0) is 0 Å². The summed E-state index contributed by atoms with van der Waals surface area (Å²) in [5.74, 6) is -0.444. The van der Waals surface area contributed by atoms with E-state index in [2.05, 4.69) is 30.7 Å². The number of anilines is 2. The molecule has 1 aromatic heterocycles. The SMILES string of the molecule is CCCCN(c1cc2[nH]c(=O)oc2cc1N)C(C)CC. The molecule has 0 aliphatic rings. The Labute approximate surface area is 118 Å². The van der Waals surface area contributed by atoms with E-state index in [4.69, 9.17) is 10.2 Å². The highest BCUT2D eigenvalue weighted by atomic mass is 16.4. The number of H-pyrrole nitrogens is 1. The van der Waals surface area contributed by atoms with E-state index in [9.17, 15) is 4.79 Å². The van der Waals surface area contributed by atoms with Gasteiger partial charge in [0.25, 0.3) is 0 Å². The van der Waals surface area contributed by atoms with Crippen LogP contribution in [0.3, 0.4) is 0 Å². The van der Waals surface area contributed by atoms with Crippen molar-refractivity contribution in [3.63, 3.8) is 0 Å². The smallest absolute Gasteiger partial charge is 0.408 e. The van der Waals surface area contributed by atoms with E-state index in [0.717, 1.165) is 31.5 Å². The Hall–Kier alpha value is -1.91. The predicted molar refractivity (Wildman–Crippen MR) is 83.3 cm³/mol. The number of unbranched alkanes of at least 4 members (excludes halogenated alkanes) is 1. The number of nitrogens with one attached hydrogen (secondary N) is 1. The standard InChI is InChI=1S/C15H23N3O2/c1-4-6-7-18(10(3)5-2)13-9-12-14(8-11(13)16)20-15(19)17-12/h8-10H,4-7,16H2,1-3H3,(H,17,19). The van der Waals surface area contributed by atoms with Gasteiger partial charge in [0.15, 0.2) is 5.58 Å². The average Bonchev–Trinajstić information content (AvgIpc) is 2.77. The first-order chi connectivity index (χ1) is 9.56. The maximum Gasteiger partial charge on any atom is 0.417 e. The van der Waals surface area contributed by atoms with Gasteiger partial charge in [-0.1, -0.05) is 20.3 Å². The first-order valence-corrected chi connectivity index (χ1v) is 7.25. The normalized spacial score (nSPS) is 12.8. The first kappa shape index (κ1) is 14.5. The van der Waals surface area contributed by atoms with Gasteiger partial charge in [0.2, 0.25) is 0 Å². The van der Waals surface area contributed by atoms with Gasteiger partial charge in [0.05, 0.1) is 16.9 Å². The summed E-state index contributed by atoms with van der Waals surface area (Å²) in [6, 6.07) is 4.04. The van der Waals surface area contributed by atoms with Crippen LogP contribution in [0.4, 0.5) is 11.4 Å². The van der Waals surface area contributed by atoms with Gasteiger partial charge in [-0.2, -0.15) is 0 Å². The number of oxazole rings is 1. The number of aromatic nitrogens is 1. The van der Waals surface area contributed by atoms with Crippen LogP contribution in [0.25, 0.3) is 11.1 Å². The summed E-state index contributed by atoms with van der Waals surface area (Å²) in [5, 5.41) is 0. The number of fused-ring (bicyclic) bond motifs is 1. The third-order valence-corrected chi connectivity index (χ3v) is 3.75. The number of nitrogen functional groups attached to an aromatic ring is 1. The molecule has 3 N–H and O–H groups in total. The highest BCUT2D eigenvalue weighted by Crippen LogP contribution is 2.30. The molecule has 0 amide bonds. The second-order valence-corrected chi connectivity index (χ2v) is 5.23. The highest BCUT2D eigenvalue weighted by molar-refractivity contribution is 5.85. The average molecular weight is 277 g/mol. The van der Waals surface area contributed by atoms with Crippen molar-refractivity contribution in [1.82, 2.24) is 4.98 Å². The Kier molecular flexibility index (Phi) is 4.37. The number of nitrogens with two attached hydrogens (primary N) is 1. The van der Waals surface area contributed by atoms with Gasteiger partial charge in [-0.3, -0.25) is 4.98 Å². The van der Waals surface area contributed by atoms with Crippen molar-refractivity contribution in [2.24, 2.45) is 0 Å². The van der Waals surface area contributed by atoms with Crippen molar-refractivity contribution in [3.8, 4) is 0 Å². The summed E-state index contributed by atoms with van der Waals surface area (Å²) >= 11 is 0. The quantitative estimate of drug-likeness (QED) is 0.795. The van der Waals surface area contributed by atoms with Crippen molar-refractivity contribution in [1.29, 1.82) is 0 Å². The van der Waals surface area contributed by atoms with Crippen LogP contribution in [-0.4, -0.2) is 17.6 Å². The van der Waals surface area contributed by atoms with E-state index in [1.165, 1.54) is 0 Å². The molecule has 1 unspecified atom stereocenters. The molecule has 0 bridgehead atoms. The van der Waals surface area contributed by atoms with E-state index in [0.29, 0.717) is 22.8 Å². The van der Waals surface area contributed by atoms with E-state index in [1.807, 2.05) is 6.07 Å². The molecule has 0 aliphatic heterocycles. The van der Waals surface area contributed by atoms with Gasteiger partial charge in [-0.15, -0.1) is 0 Å². The molecule has 110 valence electrons. The molecule has 2 rings (SSSR count). The fourth-order valence-corrected chi connectivity index (χ4v) is 2.38. The van der Waals surface area contributed by atoms with Crippen LogP contribution in [0.1, 0.15) is 40.0 Å². The van der Waals surface area contributed by atoms with E-state index < -0.39 is 5.76 Å². The summed E-state index contributed by atoms with van der Waals surface area (Å²) in [6.07, 6.45) is 3.30. The number of hydrogen-bond donors (Lipinski definition) is 2. The third-order valence-electron chi connectivity index (χ3n) is 3.75. The lowest BCUT2D eigenvalue weighted by Crippen LogP contribution is -2.34. The zero-order valence-electron chi connectivity index (χ0n) is 12.4. The van der Waals surface area contributed by atoms with Gasteiger partial charge >= 0.3 is 5.76 Å². The molecule has 0 aliphatic carbocycles. The van der Waals surface area contributed by atoms with Gasteiger partial charge in [-0.25, -0.2) is 4.79 Å². The number of aromatic amines is 1.